The van der Waals surface area contributed by atoms with Gasteiger partial charge in [0.15, 0.2) is 5.78 Å². The maximum absolute atomic E-state index is 12.1. The standard InChI is InChI=1S/C14H20N2O4/c1-4-5-6-11(14(19)20)15-13(18)12-7-10(9(2)17)8-16(12)3/h7-8,11H,4-6H2,1-3H3,(H,15,18)(H,19,20). The number of ketones is 1. The lowest BCUT2D eigenvalue weighted by atomic mass is 10.1. The second-order valence-electron chi connectivity index (χ2n) is 4.79. The Hall–Kier alpha value is -2.11. The first kappa shape index (κ1) is 15.9. The van der Waals surface area contributed by atoms with Crippen molar-refractivity contribution in [3.05, 3.63) is 23.5 Å². The summed E-state index contributed by atoms with van der Waals surface area (Å²) in [5.41, 5.74) is 0.705. The van der Waals surface area contributed by atoms with Crippen molar-refractivity contribution in [3.8, 4) is 0 Å². The predicted molar refractivity (Wildman–Crippen MR) is 73.8 cm³/mol. The second-order valence-corrected chi connectivity index (χ2v) is 4.79. The van der Waals surface area contributed by atoms with Crippen LogP contribution in [0.5, 0.6) is 0 Å². The van der Waals surface area contributed by atoms with E-state index in [0.29, 0.717) is 12.0 Å². The van der Waals surface area contributed by atoms with E-state index in [2.05, 4.69) is 5.32 Å². The Labute approximate surface area is 117 Å². The first-order chi connectivity index (χ1) is 9.36. The molecule has 0 aliphatic heterocycles. The maximum atomic E-state index is 12.1. The molecule has 1 amide bonds. The fourth-order valence-electron chi connectivity index (χ4n) is 1.88. The zero-order valence-electron chi connectivity index (χ0n) is 12.0. The highest BCUT2D eigenvalue weighted by Gasteiger charge is 2.22. The highest BCUT2D eigenvalue weighted by molar-refractivity contribution is 6.00. The molecule has 1 rings (SSSR count). The maximum Gasteiger partial charge on any atom is 0.326 e. The number of carbonyl (C=O) groups excluding carboxylic acids is 2. The van der Waals surface area contributed by atoms with Crippen LogP contribution in [-0.4, -0.2) is 33.4 Å². The zero-order valence-corrected chi connectivity index (χ0v) is 12.0. The van der Waals surface area contributed by atoms with Gasteiger partial charge in [0, 0.05) is 18.8 Å². The van der Waals surface area contributed by atoms with Crippen LogP contribution < -0.4 is 5.32 Å². The summed E-state index contributed by atoms with van der Waals surface area (Å²) in [6.45, 7) is 3.37. The van der Waals surface area contributed by atoms with E-state index in [1.807, 2.05) is 6.92 Å². The molecule has 1 atom stereocenters. The van der Waals surface area contributed by atoms with Crippen LogP contribution in [0, 0.1) is 0 Å². The summed E-state index contributed by atoms with van der Waals surface area (Å²) in [4.78, 5) is 34.4. The number of unbranched alkanes of at least 4 members (excludes halogenated alkanes) is 1. The van der Waals surface area contributed by atoms with Gasteiger partial charge in [0.05, 0.1) is 0 Å². The quantitative estimate of drug-likeness (QED) is 0.742. The first-order valence-corrected chi connectivity index (χ1v) is 6.57. The highest BCUT2D eigenvalue weighted by Crippen LogP contribution is 2.09. The van der Waals surface area contributed by atoms with E-state index in [-0.39, 0.29) is 11.5 Å². The van der Waals surface area contributed by atoms with Crippen LogP contribution >= 0.6 is 0 Å². The van der Waals surface area contributed by atoms with Crippen LogP contribution in [0.2, 0.25) is 0 Å². The lowest BCUT2D eigenvalue weighted by molar-refractivity contribution is -0.139. The number of hydrogen-bond donors (Lipinski definition) is 2. The van der Waals surface area contributed by atoms with E-state index < -0.39 is 17.9 Å². The largest absolute Gasteiger partial charge is 0.480 e. The minimum atomic E-state index is -1.05. The third kappa shape index (κ3) is 3.94. The molecule has 110 valence electrons. The second kappa shape index (κ2) is 6.88. The van der Waals surface area contributed by atoms with Crippen LogP contribution in [0.25, 0.3) is 0 Å². The van der Waals surface area contributed by atoms with Gasteiger partial charge in [0.25, 0.3) is 5.91 Å². The molecule has 1 aromatic rings. The third-order valence-electron chi connectivity index (χ3n) is 3.09. The number of Topliss-reactive ketones (excluding diaryl/α,β-unsaturated/α-hetero) is 1. The minimum Gasteiger partial charge on any atom is -0.480 e. The molecule has 0 spiro atoms. The van der Waals surface area contributed by atoms with Gasteiger partial charge in [-0.25, -0.2) is 4.79 Å². The molecule has 1 unspecified atom stereocenters. The van der Waals surface area contributed by atoms with Gasteiger partial charge >= 0.3 is 5.97 Å². The van der Waals surface area contributed by atoms with Crippen molar-refractivity contribution in [2.24, 2.45) is 7.05 Å². The van der Waals surface area contributed by atoms with Gasteiger partial charge in [-0.15, -0.1) is 0 Å². The summed E-state index contributed by atoms with van der Waals surface area (Å²) in [7, 11) is 1.64. The van der Waals surface area contributed by atoms with E-state index in [1.54, 1.807) is 13.2 Å². The molecule has 0 saturated carbocycles. The number of hydrogen-bond acceptors (Lipinski definition) is 3. The lowest BCUT2D eigenvalue weighted by Gasteiger charge is -2.14. The Balaban J connectivity index is 2.83. The Bertz CT molecular complexity index is 519. The number of aryl methyl sites for hydroxylation is 1. The monoisotopic (exact) mass is 280 g/mol. The summed E-state index contributed by atoms with van der Waals surface area (Å²) < 4.78 is 1.52. The number of aromatic nitrogens is 1. The van der Waals surface area contributed by atoms with E-state index in [4.69, 9.17) is 5.11 Å². The summed E-state index contributed by atoms with van der Waals surface area (Å²) in [6, 6.07) is 0.564. The summed E-state index contributed by atoms with van der Waals surface area (Å²) in [5.74, 6) is -1.67. The van der Waals surface area contributed by atoms with Gasteiger partial charge in [-0.1, -0.05) is 19.8 Å². The average molecular weight is 280 g/mol. The molecule has 0 aromatic carbocycles. The molecule has 1 heterocycles. The topological polar surface area (TPSA) is 88.4 Å². The first-order valence-electron chi connectivity index (χ1n) is 6.57. The van der Waals surface area contributed by atoms with Crippen LogP contribution in [0.3, 0.4) is 0 Å². The number of nitrogens with one attached hydrogen (secondary N) is 1. The number of aliphatic carboxylic acids is 1. The number of carbonyl (C=O) groups is 3. The van der Waals surface area contributed by atoms with Gasteiger partial charge < -0.3 is 15.0 Å². The Kier molecular flexibility index (Phi) is 5.49. The number of nitrogens with zero attached hydrogens (tertiary/aromatic N) is 1. The molecule has 20 heavy (non-hydrogen) atoms. The SMILES string of the molecule is CCCCC(NC(=O)c1cc(C(C)=O)cn1C)C(=O)O. The predicted octanol–water partition coefficient (Wildman–Crippen LogP) is 1.60. The number of rotatable bonds is 7. The molecule has 1 aromatic heterocycles. The van der Waals surface area contributed by atoms with Gasteiger partial charge in [-0.2, -0.15) is 0 Å². The molecule has 6 heteroatoms. The van der Waals surface area contributed by atoms with Gasteiger partial charge in [-0.3, -0.25) is 9.59 Å². The zero-order chi connectivity index (χ0) is 15.3. The van der Waals surface area contributed by atoms with Crippen LogP contribution in [-0.2, 0) is 11.8 Å². The van der Waals surface area contributed by atoms with Crippen LogP contribution in [0.15, 0.2) is 12.3 Å². The van der Waals surface area contributed by atoms with Crippen molar-refractivity contribution < 1.29 is 19.5 Å². The molecule has 0 aliphatic rings. The van der Waals surface area contributed by atoms with E-state index >= 15 is 0 Å². The molecular formula is C14H20N2O4. The summed E-state index contributed by atoms with van der Waals surface area (Å²) >= 11 is 0. The van der Waals surface area contributed by atoms with E-state index in [0.717, 1.165) is 12.8 Å². The molecule has 6 nitrogen and oxygen atoms in total. The van der Waals surface area contributed by atoms with Crippen molar-refractivity contribution >= 4 is 17.7 Å². The molecule has 0 fully saturated rings. The third-order valence-corrected chi connectivity index (χ3v) is 3.09. The molecule has 0 radical (unpaired) electrons. The lowest BCUT2D eigenvalue weighted by Crippen LogP contribution is -2.41. The molecule has 0 aliphatic carbocycles. The molecular weight excluding hydrogens is 260 g/mol. The number of carboxylic acid groups (broad SMARTS) is 1. The highest BCUT2D eigenvalue weighted by atomic mass is 16.4. The fraction of sp³-hybridized carbons (Fsp3) is 0.500. The van der Waals surface area contributed by atoms with Crippen LogP contribution in [0.4, 0.5) is 0 Å². The molecule has 0 saturated heterocycles. The van der Waals surface area contributed by atoms with Crippen LogP contribution in [0.1, 0.15) is 54.0 Å². The van der Waals surface area contributed by atoms with Gasteiger partial charge in [0.2, 0.25) is 0 Å². The average Bonchev–Trinajstić information content (AvgIpc) is 2.76. The number of carboxylic acids is 1. The van der Waals surface area contributed by atoms with Crippen molar-refractivity contribution in [2.75, 3.05) is 0 Å². The van der Waals surface area contributed by atoms with Crippen molar-refractivity contribution in [1.29, 1.82) is 0 Å². The van der Waals surface area contributed by atoms with E-state index in [1.165, 1.54) is 17.6 Å². The Morgan fingerprint density at radius 1 is 1.40 bits per heavy atom. The van der Waals surface area contributed by atoms with Crippen molar-refractivity contribution in [3.63, 3.8) is 0 Å². The summed E-state index contributed by atoms with van der Waals surface area (Å²) in [6.07, 6.45) is 3.53. The van der Waals surface area contributed by atoms with Gasteiger partial charge in [-0.05, 0) is 19.4 Å². The summed E-state index contributed by atoms with van der Waals surface area (Å²) in [5, 5.41) is 11.6. The molecule has 0 bridgehead atoms. The number of amides is 1. The minimum absolute atomic E-state index is 0.139. The fourth-order valence-corrected chi connectivity index (χ4v) is 1.88. The van der Waals surface area contributed by atoms with Crippen molar-refractivity contribution in [1.82, 2.24) is 9.88 Å². The molecule has 2 N–H and O–H groups in total. The Morgan fingerprint density at radius 3 is 2.50 bits per heavy atom. The van der Waals surface area contributed by atoms with Crippen molar-refractivity contribution in [2.45, 2.75) is 39.2 Å². The smallest absolute Gasteiger partial charge is 0.326 e. The Morgan fingerprint density at radius 2 is 2.05 bits per heavy atom. The van der Waals surface area contributed by atoms with Gasteiger partial charge in [0.1, 0.15) is 11.7 Å². The van der Waals surface area contributed by atoms with E-state index in [9.17, 15) is 14.4 Å². The normalized spacial score (nSPS) is 11.9.